The molecular formula is C91H178O17P2. The van der Waals surface area contributed by atoms with E-state index in [1.165, 1.54) is 295 Å². The third-order valence-electron chi connectivity index (χ3n) is 22.1. The van der Waals surface area contributed by atoms with Crippen molar-refractivity contribution >= 4 is 39.5 Å². The highest BCUT2D eigenvalue weighted by atomic mass is 31.2. The van der Waals surface area contributed by atoms with Crippen LogP contribution in [0.25, 0.3) is 0 Å². The summed E-state index contributed by atoms with van der Waals surface area (Å²) in [7, 11) is -9.94. The third kappa shape index (κ3) is 81.2. The fourth-order valence-corrected chi connectivity index (χ4v) is 15.8. The normalized spacial score (nSPS) is 14.3. The molecule has 19 heteroatoms. The Bertz CT molecular complexity index is 2120. The number of unbranched alkanes of at least 4 members (excludes halogenated alkanes) is 55. The zero-order valence-electron chi connectivity index (χ0n) is 72.7. The van der Waals surface area contributed by atoms with E-state index in [0.717, 1.165) is 108 Å². The first kappa shape index (κ1) is 108. The fraction of sp³-hybridized carbons (Fsp3) is 0.956. The van der Waals surface area contributed by atoms with E-state index in [4.69, 9.17) is 37.0 Å². The van der Waals surface area contributed by atoms with Crippen LogP contribution in [0.4, 0.5) is 0 Å². The van der Waals surface area contributed by atoms with Crippen molar-refractivity contribution in [3.63, 3.8) is 0 Å². The first-order valence-electron chi connectivity index (χ1n) is 46.9. The number of carbonyl (C=O) groups excluding carboxylic acids is 4. The van der Waals surface area contributed by atoms with Crippen LogP contribution < -0.4 is 0 Å². The van der Waals surface area contributed by atoms with Gasteiger partial charge in [0, 0.05) is 25.7 Å². The molecule has 0 amide bonds. The van der Waals surface area contributed by atoms with Gasteiger partial charge in [-0.1, -0.05) is 434 Å². The van der Waals surface area contributed by atoms with Gasteiger partial charge < -0.3 is 33.8 Å². The second-order valence-corrected chi connectivity index (χ2v) is 36.6. The highest BCUT2D eigenvalue weighted by Crippen LogP contribution is 2.45. The number of esters is 4. The van der Waals surface area contributed by atoms with Crippen molar-refractivity contribution in [3.8, 4) is 0 Å². The molecule has 654 valence electrons. The molecule has 0 bridgehead atoms. The van der Waals surface area contributed by atoms with E-state index < -0.39 is 97.5 Å². The van der Waals surface area contributed by atoms with Crippen molar-refractivity contribution in [2.75, 3.05) is 39.6 Å². The monoisotopic (exact) mass is 1610 g/mol. The molecule has 0 aliphatic rings. The summed E-state index contributed by atoms with van der Waals surface area (Å²) in [4.78, 5) is 73.4. The summed E-state index contributed by atoms with van der Waals surface area (Å²) >= 11 is 0. The Morgan fingerprint density at radius 1 is 0.264 bits per heavy atom. The van der Waals surface area contributed by atoms with Gasteiger partial charge in [0.05, 0.1) is 26.4 Å². The van der Waals surface area contributed by atoms with Gasteiger partial charge in [-0.05, 0) is 43.4 Å². The Kier molecular flexibility index (Phi) is 79.4. The summed E-state index contributed by atoms with van der Waals surface area (Å²) < 4.78 is 69.1. The first-order valence-corrected chi connectivity index (χ1v) is 49.9. The van der Waals surface area contributed by atoms with Gasteiger partial charge in [-0.2, -0.15) is 0 Å². The maximum Gasteiger partial charge on any atom is 0.472 e. The second-order valence-electron chi connectivity index (χ2n) is 33.7. The molecule has 0 aromatic carbocycles. The number of rotatable bonds is 89. The first-order chi connectivity index (χ1) is 53.3. The molecule has 0 saturated carbocycles. The highest BCUT2D eigenvalue weighted by molar-refractivity contribution is 7.47. The van der Waals surface area contributed by atoms with Gasteiger partial charge in [0.1, 0.15) is 19.3 Å². The van der Waals surface area contributed by atoms with Crippen molar-refractivity contribution in [1.29, 1.82) is 0 Å². The lowest BCUT2D eigenvalue weighted by Gasteiger charge is -2.21. The van der Waals surface area contributed by atoms with Crippen LogP contribution in [0.1, 0.15) is 485 Å². The molecule has 0 heterocycles. The molecule has 3 N–H and O–H groups in total. The predicted molar refractivity (Wildman–Crippen MR) is 455 cm³/mol. The average Bonchev–Trinajstić information content (AvgIpc) is 0.894. The lowest BCUT2D eigenvalue weighted by molar-refractivity contribution is -0.161. The summed E-state index contributed by atoms with van der Waals surface area (Å²) in [6.07, 6.45) is 73.6. The summed E-state index contributed by atoms with van der Waals surface area (Å²) in [5.41, 5.74) is 0. The number of ether oxygens (including phenoxy) is 4. The maximum absolute atomic E-state index is 13.2. The molecule has 4 unspecified atom stereocenters. The van der Waals surface area contributed by atoms with E-state index in [0.29, 0.717) is 25.7 Å². The summed E-state index contributed by atoms with van der Waals surface area (Å²) in [5.74, 6) is 0.345. The molecular weight excluding hydrogens is 1430 g/mol. The van der Waals surface area contributed by atoms with Gasteiger partial charge in [0.25, 0.3) is 0 Å². The van der Waals surface area contributed by atoms with Crippen molar-refractivity contribution in [2.24, 2.45) is 17.8 Å². The van der Waals surface area contributed by atoms with E-state index in [2.05, 4.69) is 48.5 Å². The molecule has 0 spiro atoms. The molecule has 0 aliphatic carbocycles. The lowest BCUT2D eigenvalue weighted by atomic mass is 9.99. The van der Waals surface area contributed by atoms with Gasteiger partial charge in [-0.3, -0.25) is 37.3 Å². The van der Waals surface area contributed by atoms with Crippen molar-refractivity contribution in [2.45, 2.75) is 503 Å². The second kappa shape index (κ2) is 80.8. The quantitative estimate of drug-likeness (QED) is 0.0222. The molecule has 0 rings (SSSR count). The van der Waals surface area contributed by atoms with E-state index in [1.807, 2.05) is 0 Å². The summed E-state index contributed by atoms with van der Waals surface area (Å²) in [6, 6.07) is 0. The zero-order chi connectivity index (χ0) is 80.8. The van der Waals surface area contributed by atoms with Crippen LogP contribution >= 0.6 is 15.6 Å². The standard InChI is InChI=1S/C91H178O17P2/c1-8-11-12-13-14-15-16-17-18-19-20-24-27-33-38-43-51-58-65-72-88(93)101-78-86(107-90(95)74-67-60-53-44-39-34-28-25-22-21-23-26-32-37-42-49-56-63-70-83(6)9-2)80-105-109(97,98)103-76-85(92)77-104-110(99,100)106-81-87(79-102-89(94)73-66-59-52-47-46-50-57-64-71-84(7)10-3)108-91(96)75-68-61-54-45-40-35-30-29-31-36-41-48-55-62-69-82(4)5/h82-87,92H,8-81H2,1-7H3,(H,97,98)(H,99,100)/t83?,84?,85-,86-,87-/m1/s1. The minimum Gasteiger partial charge on any atom is -0.462 e. The Morgan fingerprint density at radius 3 is 0.691 bits per heavy atom. The highest BCUT2D eigenvalue weighted by Gasteiger charge is 2.31. The molecule has 0 saturated heterocycles. The van der Waals surface area contributed by atoms with Crippen molar-refractivity contribution in [3.05, 3.63) is 0 Å². The molecule has 17 nitrogen and oxygen atoms in total. The Hall–Kier alpha value is -1.94. The summed E-state index contributed by atoms with van der Waals surface area (Å²) in [5, 5.41) is 10.7. The van der Waals surface area contributed by atoms with Gasteiger partial charge in [0.2, 0.25) is 0 Å². The lowest BCUT2D eigenvalue weighted by Crippen LogP contribution is -2.30. The van der Waals surface area contributed by atoms with E-state index >= 15 is 0 Å². The van der Waals surface area contributed by atoms with Crippen LogP contribution in [0, 0.1) is 17.8 Å². The minimum absolute atomic E-state index is 0.107. The average molecular weight is 1610 g/mol. The molecule has 7 atom stereocenters. The van der Waals surface area contributed by atoms with Crippen LogP contribution in [0.5, 0.6) is 0 Å². The zero-order valence-corrected chi connectivity index (χ0v) is 74.5. The van der Waals surface area contributed by atoms with Crippen molar-refractivity contribution < 1.29 is 80.2 Å². The maximum atomic E-state index is 13.2. The number of phosphoric ester groups is 2. The SMILES string of the molecule is CCCCCCCCCCCCCCCCCCCCCC(=O)OC[C@H](COP(=O)(O)OC[C@@H](O)COP(=O)(O)OC[C@@H](COC(=O)CCCCCCCCCCC(C)CC)OC(=O)CCCCCCCCCCCCCCCCC(C)C)OC(=O)CCCCCCCCCCCCCCCCCCCCC(C)CC. The number of aliphatic hydroxyl groups is 1. The Morgan fingerprint density at radius 2 is 0.464 bits per heavy atom. The van der Waals surface area contributed by atoms with E-state index in [1.54, 1.807) is 0 Å². The molecule has 0 aromatic heterocycles. The van der Waals surface area contributed by atoms with E-state index in [-0.39, 0.29) is 25.7 Å². The van der Waals surface area contributed by atoms with Gasteiger partial charge in [-0.25, -0.2) is 9.13 Å². The number of hydrogen-bond donors (Lipinski definition) is 3. The Balaban J connectivity index is 5.25. The third-order valence-corrected chi connectivity index (χ3v) is 24.0. The summed E-state index contributed by atoms with van der Waals surface area (Å²) in [6.45, 7) is 12.1. The van der Waals surface area contributed by atoms with Crippen LogP contribution in [0.15, 0.2) is 0 Å². The minimum atomic E-state index is -4.97. The van der Waals surface area contributed by atoms with Crippen LogP contribution in [0.2, 0.25) is 0 Å². The topological polar surface area (TPSA) is 237 Å². The van der Waals surface area contributed by atoms with E-state index in [9.17, 15) is 43.2 Å². The number of hydrogen-bond acceptors (Lipinski definition) is 15. The van der Waals surface area contributed by atoms with Gasteiger partial charge in [0.15, 0.2) is 12.2 Å². The number of carbonyl (C=O) groups is 4. The number of aliphatic hydroxyl groups excluding tert-OH is 1. The largest absolute Gasteiger partial charge is 0.472 e. The molecule has 0 fully saturated rings. The van der Waals surface area contributed by atoms with Gasteiger partial charge in [-0.15, -0.1) is 0 Å². The molecule has 110 heavy (non-hydrogen) atoms. The smallest absolute Gasteiger partial charge is 0.462 e. The molecule has 0 aliphatic heterocycles. The van der Waals surface area contributed by atoms with Gasteiger partial charge >= 0.3 is 39.5 Å². The number of phosphoric acid groups is 2. The molecule has 0 aromatic rings. The molecule has 0 radical (unpaired) electrons. The Labute approximate surface area is 677 Å². The fourth-order valence-electron chi connectivity index (χ4n) is 14.2. The van der Waals surface area contributed by atoms with Crippen molar-refractivity contribution in [1.82, 2.24) is 0 Å². The van der Waals surface area contributed by atoms with Crippen LogP contribution in [-0.2, 0) is 65.4 Å². The van der Waals surface area contributed by atoms with Crippen LogP contribution in [-0.4, -0.2) is 96.7 Å². The predicted octanol–water partition coefficient (Wildman–Crippen LogP) is 28.0. The van der Waals surface area contributed by atoms with Crippen LogP contribution in [0.3, 0.4) is 0 Å².